The second-order valence-corrected chi connectivity index (χ2v) is 5.31. The van der Waals surface area contributed by atoms with Crippen LogP contribution in [0.25, 0.3) is 22.3 Å². The second-order valence-electron chi connectivity index (χ2n) is 5.31. The molecular weight excluding hydrogens is 304 g/mol. The summed E-state index contributed by atoms with van der Waals surface area (Å²) in [6.07, 6.45) is 0. The van der Waals surface area contributed by atoms with Crippen molar-refractivity contribution in [3.05, 3.63) is 83.4 Å². The number of halogens is 4. The molecule has 0 unspecified atom stereocenters. The van der Waals surface area contributed by atoms with Crippen LogP contribution in [0.3, 0.4) is 0 Å². The fourth-order valence-corrected chi connectivity index (χ4v) is 2.39. The largest absolute Gasteiger partial charge is 0.206 e. The van der Waals surface area contributed by atoms with E-state index < -0.39 is 23.3 Å². The molecule has 0 fully saturated rings. The Morgan fingerprint density at radius 1 is 0.565 bits per heavy atom. The molecule has 116 valence electrons. The van der Waals surface area contributed by atoms with E-state index in [2.05, 4.69) is 0 Å². The molecule has 0 aliphatic carbocycles. The molecule has 0 aliphatic rings. The van der Waals surface area contributed by atoms with E-state index in [9.17, 15) is 17.6 Å². The Hall–Kier alpha value is -2.62. The van der Waals surface area contributed by atoms with Gasteiger partial charge in [-0.2, -0.15) is 0 Å². The Bertz CT molecular complexity index is 844. The fourth-order valence-electron chi connectivity index (χ4n) is 2.39. The molecule has 0 saturated heterocycles. The minimum absolute atomic E-state index is 0.0126. The Morgan fingerprint density at radius 3 is 1.65 bits per heavy atom. The Morgan fingerprint density at radius 2 is 1.09 bits per heavy atom. The van der Waals surface area contributed by atoms with Crippen LogP contribution in [0.2, 0.25) is 0 Å². The predicted octanol–water partition coefficient (Wildman–Crippen LogP) is 5.89. The van der Waals surface area contributed by atoms with E-state index in [4.69, 9.17) is 0 Å². The summed E-state index contributed by atoms with van der Waals surface area (Å²) in [6.45, 7) is 1.95. The van der Waals surface area contributed by atoms with Gasteiger partial charge in [-0.3, -0.25) is 0 Å². The van der Waals surface area contributed by atoms with Crippen molar-refractivity contribution >= 4 is 0 Å². The molecule has 0 N–H and O–H groups in total. The summed E-state index contributed by atoms with van der Waals surface area (Å²) in [5.74, 6) is -4.89. The Balaban J connectivity index is 2.04. The summed E-state index contributed by atoms with van der Waals surface area (Å²) in [6, 6.07) is 13.5. The lowest BCUT2D eigenvalue weighted by Crippen LogP contribution is -1.94. The third kappa shape index (κ3) is 2.97. The van der Waals surface area contributed by atoms with Crippen molar-refractivity contribution in [1.29, 1.82) is 0 Å². The average molecular weight is 316 g/mol. The van der Waals surface area contributed by atoms with Crippen molar-refractivity contribution in [3.63, 3.8) is 0 Å². The third-order valence-corrected chi connectivity index (χ3v) is 3.65. The number of hydrogen-bond acceptors (Lipinski definition) is 0. The first-order valence-corrected chi connectivity index (χ1v) is 6.97. The zero-order valence-electron chi connectivity index (χ0n) is 12.2. The van der Waals surface area contributed by atoms with Crippen LogP contribution in [0, 0.1) is 30.2 Å². The molecule has 0 atom stereocenters. The van der Waals surface area contributed by atoms with E-state index in [0.29, 0.717) is 5.56 Å². The SMILES string of the molecule is Cc1ccc(-c2ccc(-c3cc(F)c(F)c(F)c3)c(F)c2)cc1. The van der Waals surface area contributed by atoms with Gasteiger partial charge in [-0.15, -0.1) is 0 Å². The quantitative estimate of drug-likeness (QED) is 0.409. The number of aryl methyl sites for hydroxylation is 1. The standard InChI is InChI=1S/C19H12F4/c1-11-2-4-12(5-3-11)13-6-7-15(16(20)8-13)14-9-17(21)19(23)18(22)10-14/h2-10H,1H3. The summed E-state index contributed by atoms with van der Waals surface area (Å²) in [5, 5.41) is 0. The van der Waals surface area contributed by atoms with E-state index >= 15 is 0 Å². The van der Waals surface area contributed by atoms with E-state index in [1.54, 1.807) is 6.07 Å². The minimum atomic E-state index is -1.56. The van der Waals surface area contributed by atoms with E-state index in [1.807, 2.05) is 31.2 Å². The third-order valence-electron chi connectivity index (χ3n) is 3.65. The molecular formula is C19H12F4. The maximum atomic E-state index is 14.3. The van der Waals surface area contributed by atoms with Crippen molar-refractivity contribution in [2.75, 3.05) is 0 Å². The molecule has 4 heteroatoms. The summed E-state index contributed by atoms with van der Waals surface area (Å²) in [5.41, 5.74) is 2.53. The maximum Gasteiger partial charge on any atom is 0.194 e. The lowest BCUT2D eigenvalue weighted by Gasteiger charge is -2.08. The van der Waals surface area contributed by atoms with Crippen LogP contribution in [0.5, 0.6) is 0 Å². The maximum absolute atomic E-state index is 14.3. The highest BCUT2D eigenvalue weighted by Gasteiger charge is 2.14. The Labute approximate surface area is 131 Å². The molecule has 0 aliphatic heterocycles. The van der Waals surface area contributed by atoms with Crippen LogP contribution in [0.4, 0.5) is 17.6 Å². The van der Waals surface area contributed by atoms with Gasteiger partial charge < -0.3 is 0 Å². The normalized spacial score (nSPS) is 10.8. The van der Waals surface area contributed by atoms with Crippen molar-refractivity contribution in [2.45, 2.75) is 6.92 Å². The van der Waals surface area contributed by atoms with Crippen LogP contribution in [0.1, 0.15) is 5.56 Å². The highest BCUT2D eigenvalue weighted by molar-refractivity contribution is 5.71. The van der Waals surface area contributed by atoms with Crippen molar-refractivity contribution in [1.82, 2.24) is 0 Å². The van der Waals surface area contributed by atoms with Crippen molar-refractivity contribution in [2.24, 2.45) is 0 Å². The molecule has 3 aromatic rings. The van der Waals surface area contributed by atoms with Gasteiger partial charge in [-0.05, 0) is 41.8 Å². The summed E-state index contributed by atoms with van der Waals surface area (Å²) in [4.78, 5) is 0. The molecule has 3 rings (SSSR count). The second kappa shape index (κ2) is 5.88. The number of benzene rings is 3. The molecule has 0 heterocycles. The molecule has 0 aromatic heterocycles. The van der Waals surface area contributed by atoms with Gasteiger partial charge in [0.25, 0.3) is 0 Å². The first-order valence-electron chi connectivity index (χ1n) is 6.97. The predicted molar refractivity (Wildman–Crippen MR) is 81.9 cm³/mol. The number of hydrogen-bond donors (Lipinski definition) is 0. The molecule has 0 bridgehead atoms. The van der Waals surface area contributed by atoms with Gasteiger partial charge in [-0.25, -0.2) is 17.6 Å². The molecule has 3 aromatic carbocycles. The van der Waals surface area contributed by atoms with Crippen molar-refractivity contribution in [3.8, 4) is 22.3 Å². The van der Waals surface area contributed by atoms with Gasteiger partial charge >= 0.3 is 0 Å². The average Bonchev–Trinajstić information content (AvgIpc) is 2.53. The molecule has 0 spiro atoms. The van der Waals surface area contributed by atoms with Crippen LogP contribution >= 0.6 is 0 Å². The highest BCUT2D eigenvalue weighted by atomic mass is 19.2. The first-order chi connectivity index (χ1) is 11.0. The Kier molecular flexibility index (Phi) is 3.90. The van der Waals surface area contributed by atoms with E-state index in [1.165, 1.54) is 12.1 Å². The summed E-state index contributed by atoms with van der Waals surface area (Å²) in [7, 11) is 0. The summed E-state index contributed by atoms with van der Waals surface area (Å²) >= 11 is 0. The van der Waals surface area contributed by atoms with Gasteiger partial charge in [0.2, 0.25) is 0 Å². The molecule has 23 heavy (non-hydrogen) atoms. The number of rotatable bonds is 2. The lowest BCUT2D eigenvalue weighted by atomic mass is 9.99. The zero-order valence-corrected chi connectivity index (χ0v) is 12.2. The van der Waals surface area contributed by atoms with Gasteiger partial charge in [0.05, 0.1) is 0 Å². The van der Waals surface area contributed by atoms with E-state index in [-0.39, 0.29) is 11.1 Å². The van der Waals surface area contributed by atoms with Crippen molar-refractivity contribution < 1.29 is 17.6 Å². The molecule has 0 saturated carbocycles. The molecule has 0 radical (unpaired) electrons. The minimum Gasteiger partial charge on any atom is -0.206 e. The van der Waals surface area contributed by atoms with Crippen LogP contribution in [-0.4, -0.2) is 0 Å². The zero-order chi connectivity index (χ0) is 16.6. The van der Waals surface area contributed by atoms with Gasteiger partial charge in [-0.1, -0.05) is 42.0 Å². The van der Waals surface area contributed by atoms with Crippen LogP contribution in [-0.2, 0) is 0 Å². The fraction of sp³-hybridized carbons (Fsp3) is 0.0526. The van der Waals surface area contributed by atoms with E-state index in [0.717, 1.165) is 23.3 Å². The molecule has 0 amide bonds. The smallest absolute Gasteiger partial charge is 0.194 e. The van der Waals surface area contributed by atoms with Gasteiger partial charge in [0, 0.05) is 5.56 Å². The van der Waals surface area contributed by atoms with Crippen LogP contribution in [0.15, 0.2) is 54.6 Å². The monoisotopic (exact) mass is 316 g/mol. The van der Waals surface area contributed by atoms with Gasteiger partial charge in [0.15, 0.2) is 17.5 Å². The highest BCUT2D eigenvalue weighted by Crippen LogP contribution is 2.29. The first kappa shape index (κ1) is 15.3. The lowest BCUT2D eigenvalue weighted by molar-refractivity contribution is 0.447. The van der Waals surface area contributed by atoms with Gasteiger partial charge in [0.1, 0.15) is 5.82 Å². The molecule has 0 nitrogen and oxygen atoms in total. The summed E-state index contributed by atoms with van der Waals surface area (Å²) < 4.78 is 53.9. The topological polar surface area (TPSA) is 0 Å². The van der Waals surface area contributed by atoms with Crippen LogP contribution < -0.4 is 0 Å².